The second-order valence-corrected chi connectivity index (χ2v) is 5.70. The topological polar surface area (TPSA) is 95.1 Å². The van der Waals surface area contributed by atoms with Crippen LogP contribution in [0, 0.1) is 0 Å². The van der Waals surface area contributed by atoms with Crippen LogP contribution in [0.1, 0.15) is 6.92 Å². The van der Waals surface area contributed by atoms with Crippen molar-refractivity contribution in [2.45, 2.75) is 18.1 Å². The predicted octanol–water partition coefficient (Wildman–Crippen LogP) is 0.902. The van der Waals surface area contributed by atoms with Crippen molar-refractivity contribution in [3.05, 3.63) is 30.3 Å². The number of aromatic nitrogens is 3. The van der Waals surface area contributed by atoms with Crippen molar-refractivity contribution < 1.29 is 9.53 Å². The van der Waals surface area contributed by atoms with Gasteiger partial charge in [-0.15, -0.1) is 10.2 Å². The fourth-order valence-electron chi connectivity index (χ4n) is 1.90. The number of ether oxygens (including phenoxy) is 1. The molecule has 1 unspecified atom stereocenters. The van der Waals surface area contributed by atoms with E-state index in [4.69, 9.17) is 10.6 Å². The minimum Gasteiger partial charge on any atom is -0.383 e. The first-order valence-electron chi connectivity index (χ1n) is 6.78. The molecule has 1 amide bonds. The van der Waals surface area contributed by atoms with Gasteiger partial charge >= 0.3 is 0 Å². The van der Waals surface area contributed by atoms with Crippen LogP contribution in [-0.2, 0) is 9.53 Å². The monoisotopic (exact) mass is 321 g/mol. The number of amides is 1. The first-order chi connectivity index (χ1) is 10.6. The normalized spacial score (nSPS) is 12.1. The lowest BCUT2D eigenvalue weighted by Gasteiger charge is -2.12. The Bertz CT molecular complexity index is 617. The SMILES string of the molecule is COCC(C)NC(=O)CSc1nnc(-c2ccccc2)n1N. The molecule has 3 N–H and O–H groups in total. The van der Waals surface area contributed by atoms with Gasteiger partial charge in [0.25, 0.3) is 0 Å². The summed E-state index contributed by atoms with van der Waals surface area (Å²) >= 11 is 1.24. The summed E-state index contributed by atoms with van der Waals surface area (Å²) in [4.78, 5) is 11.8. The minimum absolute atomic E-state index is 0.0336. The van der Waals surface area contributed by atoms with Gasteiger partial charge in [-0.2, -0.15) is 0 Å². The summed E-state index contributed by atoms with van der Waals surface area (Å²) in [5.41, 5.74) is 0.877. The average Bonchev–Trinajstić information content (AvgIpc) is 2.87. The van der Waals surface area contributed by atoms with Gasteiger partial charge in [0.2, 0.25) is 11.1 Å². The Hall–Kier alpha value is -2.06. The van der Waals surface area contributed by atoms with Gasteiger partial charge < -0.3 is 15.9 Å². The molecular weight excluding hydrogens is 302 g/mol. The Kier molecular flexibility index (Phi) is 5.79. The molecular formula is C14H19N5O2S. The van der Waals surface area contributed by atoms with Gasteiger partial charge in [0.05, 0.1) is 12.4 Å². The highest BCUT2D eigenvalue weighted by Gasteiger charge is 2.14. The maximum Gasteiger partial charge on any atom is 0.230 e. The number of benzene rings is 1. The standard InChI is InChI=1S/C14H19N5O2S/c1-10(8-21-2)16-12(20)9-22-14-18-17-13(19(14)15)11-6-4-3-5-7-11/h3-7,10H,8-9,15H2,1-2H3,(H,16,20). The van der Waals surface area contributed by atoms with Crippen LogP contribution in [0.3, 0.4) is 0 Å². The molecule has 0 aliphatic rings. The van der Waals surface area contributed by atoms with Crippen molar-refractivity contribution >= 4 is 17.7 Å². The molecule has 118 valence electrons. The first kappa shape index (κ1) is 16.3. The quantitative estimate of drug-likeness (QED) is 0.581. The molecule has 2 rings (SSSR count). The van der Waals surface area contributed by atoms with Crippen LogP contribution in [0.25, 0.3) is 11.4 Å². The number of nitrogen functional groups attached to an aromatic ring is 1. The zero-order chi connectivity index (χ0) is 15.9. The molecule has 0 fully saturated rings. The van der Waals surface area contributed by atoms with Crippen LogP contribution >= 0.6 is 11.8 Å². The summed E-state index contributed by atoms with van der Waals surface area (Å²) in [6.07, 6.45) is 0. The molecule has 0 aliphatic heterocycles. The van der Waals surface area contributed by atoms with E-state index in [2.05, 4.69) is 15.5 Å². The lowest BCUT2D eigenvalue weighted by Crippen LogP contribution is -2.36. The molecule has 0 radical (unpaired) electrons. The number of rotatable bonds is 7. The van der Waals surface area contributed by atoms with Crippen molar-refractivity contribution in [3.63, 3.8) is 0 Å². The van der Waals surface area contributed by atoms with Crippen LogP contribution in [0.5, 0.6) is 0 Å². The number of thioether (sulfide) groups is 1. The number of carbonyl (C=O) groups excluding carboxylic acids is 1. The minimum atomic E-state index is -0.0983. The molecule has 8 heteroatoms. The Morgan fingerprint density at radius 3 is 2.82 bits per heavy atom. The Morgan fingerprint density at radius 1 is 1.41 bits per heavy atom. The summed E-state index contributed by atoms with van der Waals surface area (Å²) in [5.74, 6) is 6.68. The van der Waals surface area contributed by atoms with Crippen molar-refractivity contribution in [1.29, 1.82) is 0 Å². The molecule has 2 aromatic rings. The van der Waals surface area contributed by atoms with Crippen molar-refractivity contribution in [2.75, 3.05) is 25.3 Å². The molecule has 0 saturated heterocycles. The van der Waals surface area contributed by atoms with Crippen LogP contribution in [-0.4, -0.2) is 46.3 Å². The van der Waals surface area contributed by atoms with E-state index in [0.29, 0.717) is 17.6 Å². The highest BCUT2D eigenvalue weighted by atomic mass is 32.2. The predicted molar refractivity (Wildman–Crippen MR) is 85.8 cm³/mol. The first-order valence-corrected chi connectivity index (χ1v) is 7.77. The van der Waals surface area contributed by atoms with Gasteiger partial charge in [0.1, 0.15) is 0 Å². The van der Waals surface area contributed by atoms with Crippen LogP contribution in [0.4, 0.5) is 0 Å². The molecule has 22 heavy (non-hydrogen) atoms. The Labute approximate surface area is 133 Å². The Balaban J connectivity index is 1.95. The van der Waals surface area contributed by atoms with E-state index in [1.807, 2.05) is 37.3 Å². The number of nitrogens with zero attached hydrogens (tertiary/aromatic N) is 3. The largest absolute Gasteiger partial charge is 0.383 e. The van der Waals surface area contributed by atoms with Crippen molar-refractivity contribution in [3.8, 4) is 11.4 Å². The second-order valence-electron chi connectivity index (χ2n) is 4.75. The van der Waals surface area contributed by atoms with Gasteiger partial charge in [0.15, 0.2) is 5.82 Å². The van der Waals surface area contributed by atoms with Crippen molar-refractivity contribution in [1.82, 2.24) is 20.2 Å². The van der Waals surface area contributed by atoms with Gasteiger partial charge in [-0.05, 0) is 6.92 Å². The zero-order valence-corrected chi connectivity index (χ0v) is 13.3. The zero-order valence-electron chi connectivity index (χ0n) is 12.5. The summed E-state index contributed by atoms with van der Waals surface area (Å²) in [6.45, 7) is 2.35. The number of methoxy groups -OCH3 is 1. The molecule has 1 atom stereocenters. The molecule has 7 nitrogen and oxygen atoms in total. The average molecular weight is 321 g/mol. The fraction of sp³-hybridized carbons (Fsp3) is 0.357. The van der Waals surface area contributed by atoms with E-state index in [0.717, 1.165) is 5.56 Å². The summed E-state index contributed by atoms with van der Waals surface area (Å²) in [6, 6.07) is 9.50. The van der Waals surface area contributed by atoms with Crippen molar-refractivity contribution in [2.24, 2.45) is 0 Å². The number of hydrogen-bond acceptors (Lipinski definition) is 6. The lowest BCUT2D eigenvalue weighted by molar-refractivity contribution is -0.119. The smallest absolute Gasteiger partial charge is 0.230 e. The van der Waals surface area contributed by atoms with E-state index in [1.54, 1.807) is 7.11 Å². The summed E-state index contributed by atoms with van der Waals surface area (Å²) < 4.78 is 6.37. The molecule has 0 bridgehead atoms. The molecule has 0 saturated carbocycles. The Morgan fingerprint density at radius 2 is 2.14 bits per heavy atom. The van der Waals surface area contributed by atoms with E-state index in [9.17, 15) is 4.79 Å². The maximum atomic E-state index is 11.8. The highest BCUT2D eigenvalue weighted by molar-refractivity contribution is 7.99. The number of nitrogens with two attached hydrogens (primary N) is 1. The fourth-order valence-corrected chi connectivity index (χ4v) is 2.57. The number of nitrogens with one attached hydrogen (secondary N) is 1. The third-order valence-electron chi connectivity index (χ3n) is 2.85. The number of carbonyl (C=O) groups is 1. The third-order valence-corrected chi connectivity index (χ3v) is 3.80. The molecule has 1 aromatic heterocycles. The van der Waals surface area contributed by atoms with E-state index in [1.165, 1.54) is 16.4 Å². The van der Waals surface area contributed by atoms with E-state index in [-0.39, 0.29) is 17.7 Å². The highest BCUT2D eigenvalue weighted by Crippen LogP contribution is 2.20. The molecule has 0 spiro atoms. The second kappa shape index (κ2) is 7.81. The van der Waals surface area contributed by atoms with Crippen LogP contribution < -0.4 is 11.2 Å². The molecule has 1 aromatic carbocycles. The molecule has 0 aliphatic carbocycles. The van der Waals surface area contributed by atoms with E-state index >= 15 is 0 Å². The third kappa shape index (κ3) is 4.22. The molecule has 1 heterocycles. The number of hydrogen-bond donors (Lipinski definition) is 2. The van der Waals surface area contributed by atoms with Crippen LogP contribution in [0.2, 0.25) is 0 Å². The van der Waals surface area contributed by atoms with Gasteiger partial charge in [-0.3, -0.25) is 4.79 Å². The van der Waals surface area contributed by atoms with Gasteiger partial charge in [-0.1, -0.05) is 42.1 Å². The van der Waals surface area contributed by atoms with Gasteiger partial charge in [0, 0.05) is 18.7 Å². The maximum absolute atomic E-state index is 11.8. The summed E-state index contributed by atoms with van der Waals surface area (Å²) in [5, 5.41) is 11.4. The van der Waals surface area contributed by atoms with Crippen LogP contribution in [0.15, 0.2) is 35.5 Å². The van der Waals surface area contributed by atoms with Gasteiger partial charge in [-0.25, -0.2) is 4.68 Å². The van der Waals surface area contributed by atoms with E-state index < -0.39 is 0 Å². The summed E-state index contributed by atoms with van der Waals surface area (Å²) in [7, 11) is 1.60. The lowest BCUT2D eigenvalue weighted by atomic mass is 10.2.